The number of amides is 1. The van der Waals surface area contributed by atoms with Crippen LogP contribution in [0, 0.1) is 0 Å². The van der Waals surface area contributed by atoms with Crippen molar-refractivity contribution in [2.75, 3.05) is 18.5 Å². The number of halogens is 3. The van der Waals surface area contributed by atoms with Gasteiger partial charge in [0.25, 0.3) is 5.91 Å². The number of hydrogen-bond acceptors (Lipinski definition) is 5. The van der Waals surface area contributed by atoms with Crippen LogP contribution < -0.4 is 19.5 Å². The van der Waals surface area contributed by atoms with Gasteiger partial charge in [0.05, 0.1) is 13.2 Å². The molecule has 0 aliphatic heterocycles. The van der Waals surface area contributed by atoms with Crippen LogP contribution in [-0.4, -0.2) is 29.3 Å². The first-order chi connectivity index (χ1) is 15.3. The van der Waals surface area contributed by atoms with E-state index in [0.717, 1.165) is 5.56 Å². The molecule has 0 unspecified atom stereocenters. The van der Waals surface area contributed by atoms with Gasteiger partial charge in [-0.2, -0.15) is 18.3 Å². The predicted octanol–water partition coefficient (Wildman–Crippen LogP) is 5.06. The number of carbonyl (C=O) groups is 1. The maximum Gasteiger partial charge on any atom is 0.432 e. The van der Waals surface area contributed by atoms with Gasteiger partial charge in [0.2, 0.25) is 0 Å². The maximum atomic E-state index is 12.6. The molecule has 0 atom stereocenters. The third-order valence-electron chi connectivity index (χ3n) is 4.24. The zero-order valence-corrected chi connectivity index (χ0v) is 17.5. The Morgan fingerprint density at radius 1 is 0.969 bits per heavy atom. The molecule has 0 saturated heterocycles. The molecule has 170 valence electrons. The molecule has 0 bridgehead atoms. The van der Waals surface area contributed by atoms with E-state index in [4.69, 9.17) is 14.2 Å². The van der Waals surface area contributed by atoms with E-state index in [-0.39, 0.29) is 12.3 Å². The van der Waals surface area contributed by atoms with Crippen LogP contribution in [-0.2, 0) is 12.8 Å². The van der Waals surface area contributed by atoms with E-state index >= 15 is 0 Å². The number of nitrogens with one attached hydrogen (secondary N) is 2. The van der Waals surface area contributed by atoms with E-state index in [9.17, 15) is 18.0 Å². The summed E-state index contributed by atoms with van der Waals surface area (Å²) in [6, 6.07) is 12.6. The van der Waals surface area contributed by atoms with Gasteiger partial charge < -0.3 is 19.5 Å². The zero-order chi connectivity index (χ0) is 23.1. The topological polar surface area (TPSA) is 85.5 Å². The highest BCUT2D eigenvalue weighted by Gasteiger charge is 2.33. The fraction of sp³-hybridized carbons (Fsp3) is 0.273. The highest BCUT2D eigenvalue weighted by molar-refractivity contribution is 6.02. The predicted molar refractivity (Wildman–Crippen MR) is 111 cm³/mol. The first-order valence-electron chi connectivity index (χ1n) is 9.85. The average Bonchev–Trinajstić information content (AvgIpc) is 3.26. The number of hydrogen-bond donors (Lipinski definition) is 2. The van der Waals surface area contributed by atoms with Crippen molar-refractivity contribution in [2.24, 2.45) is 0 Å². The third kappa shape index (κ3) is 5.93. The summed E-state index contributed by atoms with van der Waals surface area (Å²) in [4.78, 5) is 12.1. The number of aromatic amines is 1. The van der Waals surface area contributed by atoms with E-state index in [0.29, 0.717) is 42.2 Å². The molecular formula is C22H22F3N3O4. The van der Waals surface area contributed by atoms with Gasteiger partial charge in [-0.15, -0.1) is 0 Å². The van der Waals surface area contributed by atoms with Crippen molar-refractivity contribution in [1.29, 1.82) is 0 Å². The van der Waals surface area contributed by atoms with Crippen molar-refractivity contribution in [3.8, 4) is 17.2 Å². The normalized spacial score (nSPS) is 11.2. The minimum atomic E-state index is -4.60. The molecule has 3 aromatic rings. The van der Waals surface area contributed by atoms with Gasteiger partial charge >= 0.3 is 6.18 Å². The Labute approximate surface area is 182 Å². The average molecular weight is 449 g/mol. The van der Waals surface area contributed by atoms with Crippen LogP contribution in [0.4, 0.5) is 18.9 Å². The van der Waals surface area contributed by atoms with E-state index in [1.807, 2.05) is 32.0 Å². The van der Waals surface area contributed by atoms with E-state index in [1.54, 1.807) is 29.4 Å². The molecular weight excluding hydrogens is 427 g/mol. The Balaban J connectivity index is 1.58. The second kappa shape index (κ2) is 10.1. The Morgan fingerprint density at radius 2 is 1.66 bits per heavy atom. The molecule has 0 fully saturated rings. The van der Waals surface area contributed by atoms with Crippen molar-refractivity contribution in [3.63, 3.8) is 0 Å². The van der Waals surface area contributed by atoms with Gasteiger partial charge in [-0.05, 0) is 55.8 Å². The quantitative estimate of drug-likeness (QED) is 0.477. The first-order valence-corrected chi connectivity index (χ1v) is 9.85. The number of alkyl halides is 3. The molecule has 10 heteroatoms. The molecule has 0 radical (unpaired) electrons. The molecule has 2 aromatic carbocycles. The molecule has 32 heavy (non-hydrogen) atoms. The van der Waals surface area contributed by atoms with Crippen LogP contribution in [0.5, 0.6) is 17.2 Å². The van der Waals surface area contributed by atoms with Gasteiger partial charge in [0.1, 0.15) is 18.1 Å². The minimum Gasteiger partial charge on any atom is -0.490 e. The third-order valence-corrected chi connectivity index (χ3v) is 4.24. The molecule has 0 aliphatic rings. The fourth-order valence-corrected chi connectivity index (χ4v) is 2.76. The van der Waals surface area contributed by atoms with Crippen molar-refractivity contribution < 1.29 is 32.2 Å². The molecule has 0 spiro atoms. The summed E-state index contributed by atoms with van der Waals surface area (Å²) in [6.07, 6.45) is -4.60. The number of nitrogens with zero attached hydrogens (tertiary/aromatic N) is 1. The zero-order valence-electron chi connectivity index (χ0n) is 17.5. The maximum absolute atomic E-state index is 12.6. The molecule has 1 aromatic heterocycles. The number of ether oxygens (including phenoxy) is 3. The van der Waals surface area contributed by atoms with Gasteiger partial charge in [-0.25, -0.2) is 0 Å². The number of carbonyl (C=O) groups excluding carboxylic acids is 1. The molecule has 2 N–H and O–H groups in total. The second-order valence-corrected chi connectivity index (χ2v) is 6.58. The summed E-state index contributed by atoms with van der Waals surface area (Å²) in [6.45, 7) is 5.11. The lowest BCUT2D eigenvalue weighted by molar-refractivity contribution is -0.141. The number of benzene rings is 2. The second-order valence-electron chi connectivity index (χ2n) is 6.58. The molecule has 7 nitrogen and oxygen atoms in total. The fourth-order valence-electron chi connectivity index (χ4n) is 2.76. The summed E-state index contributed by atoms with van der Waals surface area (Å²) in [5.41, 5.74) is -0.182. The van der Waals surface area contributed by atoms with Crippen molar-refractivity contribution in [2.45, 2.75) is 26.6 Å². The summed E-state index contributed by atoms with van der Waals surface area (Å²) in [7, 11) is 0. The van der Waals surface area contributed by atoms with E-state index < -0.39 is 17.8 Å². The molecule has 3 rings (SSSR count). The number of rotatable bonds is 9. The number of aromatic nitrogens is 2. The van der Waals surface area contributed by atoms with Crippen LogP contribution in [0.25, 0.3) is 0 Å². The van der Waals surface area contributed by atoms with Crippen LogP contribution >= 0.6 is 0 Å². The minimum absolute atomic E-state index is 0.283. The summed E-state index contributed by atoms with van der Waals surface area (Å²) in [5, 5.41) is 7.69. The summed E-state index contributed by atoms with van der Waals surface area (Å²) in [5.74, 6) is 1.09. The number of H-pyrrole nitrogens is 1. The molecule has 0 aliphatic carbocycles. The lowest BCUT2D eigenvalue weighted by atomic mass is 10.2. The van der Waals surface area contributed by atoms with Crippen LogP contribution in [0.2, 0.25) is 0 Å². The largest absolute Gasteiger partial charge is 0.490 e. The standard InChI is InChI=1S/C22H22F3N3O4/c1-3-30-18-10-5-14(11-19(18)31-4-2)13-32-16-8-6-15(7-9-16)26-21(29)17-12-20(28-27-17)22(23,24)25/h5-12H,3-4,13H2,1-2H3,(H,26,29)(H,27,28). The Bertz CT molecular complexity index is 1050. The smallest absolute Gasteiger partial charge is 0.432 e. The molecule has 1 heterocycles. The lowest BCUT2D eigenvalue weighted by Gasteiger charge is -2.13. The van der Waals surface area contributed by atoms with Gasteiger partial charge in [-0.1, -0.05) is 6.07 Å². The highest BCUT2D eigenvalue weighted by atomic mass is 19.4. The van der Waals surface area contributed by atoms with Crippen molar-refractivity contribution in [3.05, 3.63) is 65.5 Å². The Kier molecular flexibility index (Phi) is 7.24. The molecule has 1 amide bonds. The van der Waals surface area contributed by atoms with Crippen molar-refractivity contribution >= 4 is 11.6 Å². The number of anilines is 1. The highest BCUT2D eigenvalue weighted by Crippen LogP contribution is 2.30. The van der Waals surface area contributed by atoms with Gasteiger partial charge in [0, 0.05) is 11.8 Å². The van der Waals surface area contributed by atoms with Crippen molar-refractivity contribution in [1.82, 2.24) is 10.2 Å². The van der Waals surface area contributed by atoms with E-state index in [1.165, 1.54) is 0 Å². The summed E-state index contributed by atoms with van der Waals surface area (Å²) < 4.78 is 54.7. The van der Waals surface area contributed by atoms with Gasteiger partial charge in [-0.3, -0.25) is 9.89 Å². The van der Waals surface area contributed by atoms with E-state index in [2.05, 4.69) is 10.4 Å². The van der Waals surface area contributed by atoms with Gasteiger partial charge in [0.15, 0.2) is 17.2 Å². The molecule has 0 saturated carbocycles. The Morgan fingerprint density at radius 3 is 2.28 bits per heavy atom. The SMILES string of the molecule is CCOc1ccc(COc2ccc(NC(=O)c3cc(C(F)(F)F)[nH]n3)cc2)cc1OCC. The first kappa shape index (κ1) is 23.0. The summed E-state index contributed by atoms with van der Waals surface area (Å²) >= 11 is 0. The Hall–Kier alpha value is -3.69. The van der Waals surface area contributed by atoms with Crippen LogP contribution in [0.1, 0.15) is 35.6 Å². The monoisotopic (exact) mass is 449 g/mol. The van der Waals surface area contributed by atoms with Crippen LogP contribution in [0.15, 0.2) is 48.5 Å². The van der Waals surface area contributed by atoms with Crippen LogP contribution in [0.3, 0.4) is 0 Å². The lowest BCUT2D eigenvalue weighted by Crippen LogP contribution is -2.12.